The van der Waals surface area contributed by atoms with Crippen LogP contribution in [-0.2, 0) is 17.4 Å². The molecule has 0 aliphatic carbocycles. The van der Waals surface area contributed by atoms with E-state index in [1.54, 1.807) is 17.8 Å². The van der Waals surface area contributed by atoms with Crippen LogP contribution in [0.5, 0.6) is 0 Å². The lowest BCUT2D eigenvalue weighted by molar-refractivity contribution is -0.137. The summed E-state index contributed by atoms with van der Waals surface area (Å²) in [6.45, 7) is 1.82. The van der Waals surface area contributed by atoms with Crippen LogP contribution in [0.3, 0.4) is 0 Å². The monoisotopic (exact) mass is 441 g/mol. The summed E-state index contributed by atoms with van der Waals surface area (Å²) >= 11 is 1.71. The summed E-state index contributed by atoms with van der Waals surface area (Å²) in [5.74, 6) is -0.157. The molecule has 1 N–H and O–H groups in total. The predicted molar refractivity (Wildman–Crippen MR) is 116 cm³/mol. The molecule has 31 heavy (non-hydrogen) atoms. The molecule has 1 aliphatic rings. The molecule has 0 fully saturated rings. The Morgan fingerprint density at radius 1 is 0.968 bits per heavy atom. The highest BCUT2D eigenvalue weighted by Gasteiger charge is 2.31. The molecule has 0 saturated heterocycles. The van der Waals surface area contributed by atoms with E-state index in [4.69, 9.17) is 0 Å². The first-order valence-electron chi connectivity index (χ1n) is 10.1. The number of benzene rings is 3. The Morgan fingerprint density at radius 2 is 1.58 bits per heavy atom. The van der Waals surface area contributed by atoms with E-state index in [-0.39, 0.29) is 17.9 Å². The van der Waals surface area contributed by atoms with Gasteiger partial charge in [0.05, 0.1) is 5.56 Å². The van der Waals surface area contributed by atoms with Crippen molar-refractivity contribution in [1.82, 2.24) is 5.32 Å². The fourth-order valence-electron chi connectivity index (χ4n) is 4.03. The molecule has 3 aromatic rings. The fourth-order valence-corrected chi connectivity index (χ4v) is 5.21. The molecule has 0 aromatic heterocycles. The van der Waals surface area contributed by atoms with Crippen LogP contribution in [0.15, 0.2) is 82.6 Å². The Balaban J connectivity index is 1.46. The van der Waals surface area contributed by atoms with Crippen LogP contribution in [0, 0.1) is 0 Å². The molecule has 1 heterocycles. The molecule has 3 aromatic carbocycles. The van der Waals surface area contributed by atoms with Crippen molar-refractivity contribution in [2.45, 2.75) is 47.7 Å². The van der Waals surface area contributed by atoms with E-state index in [9.17, 15) is 18.0 Å². The van der Waals surface area contributed by atoms with Crippen LogP contribution in [0.4, 0.5) is 13.2 Å². The van der Waals surface area contributed by atoms with E-state index in [1.807, 2.05) is 31.2 Å². The summed E-state index contributed by atoms with van der Waals surface area (Å²) in [6, 6.07) is 21.2. The second kappa shape index (κ2) is 8.79. The SMILES string of the molecule is C[C@H](Cc1cccc(C(F)(F)F)c1)NC(=O)CC1c2ccccc2Sc2ccccc21. The summed E-state index contributed by atoms with van der Waals surface area (Å²) in [5, 5.41) is 2.97. The van der Waals surface area contributed by atoms with E-state index in [1.165, 1.54) is 6.07 Å². The van der Waals surface area contributed by atoms with Gasteiger partial charge in [-0.15, -0.1) is 0 Å². The van der Waals surface area contributed by atoms with Crippen molar-refractivity contribution in [2.24, 2.45) is 0 Å². The highest BCUT2D eigenvalue weighted by Crippen LogP contribution is 2.46. The maximum absolute atomic E-state index is 12.9. The summed E-state index contributed by atoms with van der Waals surface area (Å²) in [4.78, 5) is 15.2. The van der Waals surface area contributed by atoms with Gasteiger partial charge in [0.15, 0.2) is 0 Å². The Kier molecular flexibility index (Phi) is 6.10. The molecule has 6 heteroatoms. The van der Waals surface area contributed by atoms with Gasteiger partial charge in [-0.2, -0.15) is 13.2 Å². The van der Waals surface area contributed by atoms with Gasteiger partial charge in [0, 0.05) is 28.2 Å². The predicted octanol–water partition coefficient (Wildman–Crippen LogP) is 6.44. The van der Waals surface area contributed by atoms with Gasteiger partial charge in [0.2, 0.25) is 5.91 Å². The van der Waals surface area contributed by atoms with Crippen molar-refractivity contribution in [2.75, 3.05) is 0 Å². The van der Waals surface area contributed by atoms with Gasteiger partial charge in [-0.25, -0.2) is 0 Å². The van der Waals surface area contributed by atoms with Gasteiger partial charge < -0.3 is 5.32 Å². The van der Waals surface area contributed by atoms with Gasteiger partial charge in [0.25, 0.3) is 0 Å². The number of carbonyl (C=O) groups excluding carboxylic acids is 1. The molecular formula is C25H22F3NOS. The summed E-state index contributed by atoms with van der Waals surface area (Å²) < 4.78 is 38.8. The second-order valence-electron chi connectivity index (χ2n) is 7.81. The third kappa shape index (κ3) is 4.96. The molecule has 0 spiro atoms. The number of rotatable bonds is 5. The Hall–Kier alpha value is -2.73. The molecule has 2 nitrogen and oxygen atoms in total. The van der Waals surface area contributed by atoms with Crippen LogP contribution in [-0.4, -0.2) is 11.9 Å². The first-order chi connectivity index (χ1) is 14.8. The molecule has 1 amide bonds. The summed E-state index contributed by atoms with van der Waals surface area (Å²) in [7, 11) is 0. The molecule has 160 valence electrons. The molecule has 0 bridgehead atoms. The highest BCUT2D eigenvalue weighted by molar-refractivity contribution is 7.99. The summed E-state index contributed by atoms with van der Waals surface area (Å²) in [6.07, 6.45) is -3.74. The normalized spacial score (nSPS) is 14.5. The molecule has 0 unspecified atom stereocenters. The first kappa shape index (κ1) is 21.5. The maximum Gasteiger partial charge on any atom is 0.416 e. The minimum Gasteiger partial charge on any atom is -0.353 e. The number of alkyl halides is 3. The summed E-state index contributed by atoms with van der Waals surface area (Å²) in [5.41, 5.74) is 2.14. The number of amides is 1. The molecule has 1 atom stereocenters. The smallest absolute Gasteiger partial charge is 0.353 e. The minimum atomic E-state index is -4.37. The van der Waals surface area contributed by atoms with Gasteiger partial charge in [-0.3, -0.25) is 4.79 Å². The van der Waals surface area contributed by atoms with Gasteiger partial charge in [-0.05, 0) is 48.2 Å². The van der Waals surface area contributed by atoms with Crippen LogP contribution < -0.4 is 5.32 Å². The lowest BCUT2D eigenvalue weighted by Gasteiger charge is -2.28. The lowest BCUT2D eigenvalue weighted by Crippen LogP contribution is -2.35. The van der Waals surface area contributed by atoms with E-state index < -0.39 is 11.7 Å². The third-order valence-electron chi connectivity index (χ3n) is 5.40. The minimum absolute atomic E-state index is 0.0468. The Morgan fingerprint density at radius 3 is 2.19 bits per heavy atom. The van der Waals surface area contributed by atoms with Crippen molar-refractivity contribution in [3.8, 4) is 0 Å². The Bertz CT molecular complexity index is 1050. The molecular weight excluding hydrogens is 419 g/mol. The molecule has 0 radical (unpaired) electrons. The fraction of sp³-hybridized carbons (Fsp3) is 0.240. The second-order valence-corrected chi connectivity index (χ2v) is 8.89. The van der Waals surface area contributed by atoms with E-state index in [0.717, 1.165) is 33.1 Å². The molecule has 4 rings (SSSR count). The number of carbonyl (C=O) groups is 1. The topological polar surface area (TPSA) is 29.1 Å². The van der Waals surface area contributed by atoms with Crippen LogP contribution in [0.25, 0.3) is 0 Å². The van der Waals surface area contributed by atoms with Gasteiger partial charge in [-0.1, -0.05) is 66.4 Å². The first-order valence-corrected chi connectivity index (χ1v) is 10.9. The van der Waals surface area contributed by atoms with Gasteiger partial charge in [0.1, 0.15) is 0 Å². The number of hydrogen-bond donors (Lipinski definition) is 1. The van der Waals surface area contributed by atoms with Crippen LogP contribution in [0.1, 0.15) is 41.5 Å². The largest absolute Gasteiger partial charge is 0.416 e. The standard InChI is InChI=1S/C25H22F3NOS/c1-16(13-17-7-6-8-18(14-17)25(26,27)28)29-24(30)15-21-19-9-2-4-11-22(19)31-23-12-5-3-10-20(21)23/h2-12,14,16,21H,13,15H2,1H3,(H,29,30)/t16-/m1/s1. The zero-order valence-corrected chi connectivity index (χ0v) is 17.8. The number of hydrogen-bond acceptors (Lipinski definition) is 2. The number of fused-ring (bicyclic) bond motifs is 2. The zero-order chi connectivity index (χ0) is 22.0. The number of nitrogens with one attached hydrogen (secondary N) is 1. The van der Waals surface area contributed by atoms with Crippen molar-refractivity contribution in [1.29, 1.82) is 0 Å². The van der Waals surface area contributed by atoms with E-state index >= 15 is 0 Å². The molecule has 1 aliphatic heterocycles. The maximum atomic E-state index is 12.9. The average Bonchev–Trinajstić information content (AvgIpc) is 2.73. The van der Waals surface area contributed by atoms with E-state index in [0.29, 0.717) is 18.4 Å². The highest BCUT2D eigenvalue weighted by atomic mass is 32.2. The van der Waals surface area contributed by atoms with E-state index in [2.05, 4.69) is 29.6 Å². The Labute approximate surface area is 183 Å². The van der Waals surface area contributed by atoms with Crippen LogP contribution in [0.2, 0.25) is 0 Å². The lowest BCUT2D eigenvalue weighted by atomic mass is 9.87. The van der Waals surface area contributed by atoms with Crippen molar-refractivity contribution in [3.63, 3.8) is 0 Å². The number of halogens is 3. The average molecular weight is 442 g/mol. The van der Waals surface area contributed by atoms with Crippen molar-refractivity contribution >= 4 is 17.7 Å². The van der Waals surface area contributed by atoms with Crippen molar-refractivity contribution in [3.05, 3.63) is 95.1 Å². The van der Waals surface area contributed by atoms with Crippen LogP contribution >= 0.6 is 11.8 Å². The van der Waals surface area contributed by atoms with Crippen molar-refractivity contribution < 1.29 is 18.0 Å². The zero-order valence-electron chi connectivity index (χ0n) is 16.9. The molecule has 0 saturated carbocycles. The third-order valence-corrected chi connectivity index (χ3v) is 6.59. The quantitative estimate of drug-likeness (QED) is 0.494. The van der Waals surface area contributed by atoms with Gasteiger partial charge >= 0.3 is 6.18 Å².